The van der Waals surface area contributed by atoms with Crippen LogP contribution in [0.5, 0.6) is 0 Å². The Bertz CT molecular complexity index is 938. The van der Waals surface area contributed by atoms with E-state index in [0.717, 1.165) is 18.4 Å². The summed E-state index contributed by atoms with van der Waals surface area (Å²) < 4.78 is 1.75. The van der Waals surface area contributed by atoms with Crippen LogP contribution in [0.25, 0.3) is 10.9 Å². The Balaban J connectivity index is 2.27. The summed E-state index contributed by atoms with van der Waals surface area (Å²) in [5.74, 6) is -0.971. The van der Waals surface area contributed by atoms with Crippen molar-refractivity contribution >= 4 is 22.7 Å². The van der Waals surface area contributed by atoms with Gasteiger partial charge in [0.25, 0.3) is 5.91 Å². The lowest BCUT2D eigenvalue weighted by molar-refractivity contribution is -0.126. The van der Waals surface area contributed by atoms with Crippen molar-refractivity contribution in [2.45, 2.75) is 58.7 Å². The molecule has 9 heteroatoms. The number of aliphatic hydroxyl groups is 2. The molecule has 0 saturated carbocycles. The van der Waals surface area contributed by atoms with Crippen LogP contribution >= 0.6 is 0 Å². The Morgan fingerprint density at radius 2 is 1.84 bits per heavy atom. The zero-order valence-electron chi connectivity index (χ0n) is 18.3. The quantitative estimate of drug-likeness (QED) is 0.420. The molecule has 2 aromatic rings. The number of hydrogen-bond donors (Lipinski definition) is 4. The standard InChI is InChI=1S/C22H31N5O4/c1-22(2,3)19(21(31)24-15(13-28)14-29)25-20(30)18-16-9-5-6-10-17(16)27(26-18)12-8-4-7-11-23/h5-6,9-10,15,19,28-29H,4,7-8,12-14H2,1-3H3,(H,24,31)(H,25,30)/t19-/m1/s1. The van der Waals surface area contributed by atoms with E-state index in [0.29, 0.717) is 18.4 Å². The second kappa shape index (κ2) is 10.9. The molecule has 0 aliphatic carbocycles. The van der Waals surface area contributed by atoms with Crippen molar-refractivity contribution in [3.63, 3.8) is 0 Å². The molecule has 0 aliphatic rings. The van der Waals surface area contributed by atoms with Gasteiger partial charge in [-0.15, -0.1) is 0 Å². The van der Waals surface area contributed by atoms with E-state index in [2.05, 4.69) is 21.8 Å². The Hall–Kier alpha value is -2.96. The number of nitrogens with zero attached hydrogens (tertiary/aromatic N) is 3. The summed E-state index contributed by atoms with van der Waals surface area (Å²) in [6, 6.07) is 7.79. The molecule has 2 amide bonds. The van der Waals surface area contributed by atoms with Crippen LogP contribution in [-0.2, 0) is 11.3 Å². The molecule has 0 spiro atoms. The zero-order chi connectivity index (χ0) is 23.0. The van der Waals surface area contributed by atoms with Crippen LogP contribution in [0, 0.1) is 16.7 Å². The fourth-order valence-electron chi connectivity index (χ4n) is 3.24. The maximum atomic E-state index is 13.1. The summed E-state index contributed by atoms with van der Waals surface area (Å²) in [5.41, 5.74) is 0.408. The molecule has 0 radical (unpaired) electrons. The van der Waals surface area contributed by atoms with Gasteiger partial charge in [-0.3, -0.25) is 14.3 Å². The Morgan fingerprint density at radius 1 is 1.16 bits per heavy atom. The van der Waals surface area contributed by atoms with Gasteiger partial charge in [-0.05, 0) is 24.3 Å². The maximum absolute atomic E-state index is 13.1. The van der Waals surface area contributed by atoms with Crippen LogP contribution < -0.4 is 10.6 Å². The van der Waals surface area contributed by atoms with E-state index in [1.54, 1.807) is 4.68 Å². The second-order valence-electron chi connectivity index (χ2n) is 8.55. The zero-order valence-corrected chi connectivity index (χ0v) is 18.3. The predicted molar refractivity (Wildman–Crippen MR) is 116 cm³/mol. The number of aromatic nitrogens is 2. The molecule has 2 rings (SSSR count). The lowest BCUT2D eigenvalue weighted by atomic mass is 9.85. The molecule has 4 N–H and O–H groups in total. The minimum absolute atomic E-state index is 0.221. The summed E-state index contributed by atoms with van der Waals surface area (Å²) in [6.45, 7) is 5.21. The van der Waals surface area contributed by atoms with E-state index in [9.17, 15) is 19.8 Å². The number of carbonyl (C=O) groups is 2. The number of benzene rings is 1. The number of para-hydroxylation sites is 1. The maximum Gasteiger partial charge on any atom is 0.273 e. The number of nitrogens with one attached hydrogen (secondary N) is 2. The topological polar surface area (TPSA) is 140 Å². The highest BCUT2D eigenvalue weighted by Gasteiger charge is 2.34. The molecule has 31 heavy (non-hydrogen) atoms. The molecule has 0 aliphatic heterocycles. The number of fused-ring (bicyclic) bond motifs is 1. The first kappa shape index (κ1) is 24.3. The van der Waals surface area contributed by atoms with Crippen molar-refractivity contribution in [2.24, 2.45) is 5.41 Å². The van der Waals surface area contributed by atoms with E-state index in [-0.39, 0.29) is 5.69 Å². The summed E-state index contributed by atoms with van der Waals surface area (Å²) in [6.07, 6.45) is 1.98. The third kappa shape index (κ3) is 6.26. The average Bonchev–Trinajstić information content (AvgIpc) is 3.11. The number of rotatable bonds is 10. The van der Waals surface area contributed by atoms with E-state index in [1.807, 2.05) is 45.0 Å². The molecular weight excluding hydrogens is 398 g/mol. The van der Waals surface area contributed by atoms with Gasteiger partial charge in [0.2, 0.25) is 5.91 Å². The summed E-state index contributed by atoms with van der Waals surface area (Å²) >= 11 is 0. The molecule has 1 atom stereocenters. The normalized spacial score (nSPS) is 12.5. The number of hydrogen-bond acceptors (Lipinski definition) is 6. The smallest absolute Gasteiger partial charge is 0.273 e. The Labute approximate surface area is 182 Å². The summed E-state index contributed by atoms with van der Waals surface area (Å²) in [7, 11) is 0. The van der Waals surface area contributed by atoms with Crippen LogP contribution in [0.4, 0.5) is 0 Å². The van der Waals surface area contributed by atoms with Crippen molar-refractivity contribution in [3.05, 3.63) is 30.0 Å². The van der Waals surface area contributed by atoms with Gasteiger partial charge in [-0.25, -0.2) is 0 Å². The molecule has 9 nitrogen and oxygen atoms in total. The van der Waals surface area contributed by atoms with Gasteiger partial charge >= 0.3 is 0 Å². The Kier molecular flexibility index (Phi) is 8.54. The Morgan fingerprint density at radius 3 is 2.45 bits per heavy atom. The van der Waals surface area contributed by atoms with E-state index < -0.39 is 42.5 Å². The molecule has 0 bridgehead atoms. The van der Waals surface area contributed by atoms with Gasteiger partial charge in [-0.2, -0.15) is 10.4 Å². The summed E-state index contributed by atoms with van der Waals surface area (Å²) in [5, 5.41) is 37.7. The number of unbranched alkanes of at least 4 members (excludes halogenated alkanes) is 2. The first-order chi connectivity index (χ1) is 14.7. The minimum atomic E-state index is -0.903. The molecular formula is C22H31N5O4. The van der Waals surface area contributed by atoms with Crippen molar-refractivity contribution in [2.75, 3.05) is 13.2 Å². The first-order valence-corrected chi connectivity index (χ1v) is 10.4. The lowest BCUT2D eigenvalue weighted by Gasteiger charge is -2.31. The van der Waals surface area contributed by atoms with Gasteiger partial charge in [0, 0.05) is 18.4 Å². The molecule has 0 fully saturated rings. The van der Waals surface area contributed by atoms with E-state index in [4.69, 9.17) is 5.26 Å². The third-order valence-corrected chi connectivity index (χ3v) is 4.97. The number of amides is 2. The van der Waals surface area contributed by atoms with Crippen molar-refractivity contribution in [3.8, 4) is 6.07 Å². The van der Waals surface area contributed by atoms with Gasteiger partial charge < -0.3 is 20.8 Å². The third-order valence-electron chi connectivity index (χ3n) is 4.97. The fraction of sp³-hybridized carbons (Fsp3) is 0.545. The fourth-order valence-corrected chi connectivity index (χ4v) is 3.24. The molecule has 0 unspecified atom stereocenters. The first-order valence-electron chi connectivity index (χ1n) is 10.4. The van der Waals surface area contributed by atoms with Crippen LogP contribution in [0.2, 0.25) is 0 Å². The van der Waals surface area contributed by atoms with Gasteiger partial charge in [0.1, 0.15) is 6.04 Å². The highest BCUT2D eigenvalue weighted by molar-refractivity contribution is 6.06. The van der Waals surface area contributed by atoms with Crippen molar-refractivity contribution in [1.82, 2.24) is 20.4 Å². The van der Waals surface area contributed by atoms with Gasteiger partial charge in [0.15, 0.2) is 5.69 Å². The monoisotopic (exact) mass is 429 g/mol. The predicted octanol–water partition coefficient (Wildman–Crippen LogP) is 1.34. The van der Waals surface area contributed by atoms with Crippen LogP contribution in [-0.4, -0.2) is 57.1 Å². The van der Waals surface area contributed by atoms with Gasteiger partial charge in [0.05, 0.1) is 30.8 Å². The number of nitriles is 1. The second-order valence-corrected chi connectivity index (χ2v) is 8.55. The highest BCUT2D eigenvalue weighted by Crippen LogP contribution is 2.23. The number of carbonyl (C=O) groups excluding carboxylic acids is 2. The van der Waals surface area contributed by atoms with Crippen LogP contribution in [0.15, 0.2) is 24.3 Å². The average molecular weight is 430 g/mol. The molecule has 0 saturated heterocycles. The van der Waals surface area contributed by atoms with Crippen molar-refractivity contribution < 1.29 is 19.8 Å². The highest BCUT2D eigenvalue weighted by atomic mass is 16.3. The molecule has 1 aromatic carbocycles. The van der Waals surface area contributed by atoms with E-state index in [1.165, 1.54) is 0 Å². The molecule has 1 heterocycles. The molecule has 168 valence electrons. The molecule has 1 aromatic heterocycles. The number of aliphatic hydroxyl groups excluding tert-OH is 2. The summed E-state index contributed by atoms with van der Waals surface area (Å²) in [4.78, 5) is 25.9. The van der Waals surface area contributed by atoms with E-state index >= 15 is 0 Å². The minimum Gasteiger partial charge on any atom is -0.394 e. The largest absolute Gasteiger partial charge is 0.394 e. The lowest BCUT2D eigenvalue weighted by Crippen LogP contribution is -2.56. The SMILES string of the molecule is CC(C)(C)[C@H](NC(=O)c1nn(CCCCC#N)c2ccccc12)C(=O)NC(CO)CO. The van der Waals surface area contributed by atoms with Crippen LogP contribution in [0.3, 0.4) is 0 Å². The number of aryl methyl sites for hydroxylation is 1. The van der Waals surface area contributed by atoms with Gasteiger partial charge in [-0.1, -0.05) is 39.0 Å². The van der Waals surface area contributed by atoms with Crippen LogP contribution in [0.1, 0.15) is 50.5 Å². The van der Waals surface area contributed by atoms with Crippen molar-refractivity contribution in [1.29, 1.82) is 5.26 Å².